The van der Waals surface area contributed by atoms with Gasteiger partial charge in [0.25, 0.3) is 0 Å². The van der Waals surface area contributed by atoms with Gasteiger partial charge in [0.05, 0.1) is 18.2 Å². The van der Waals surface area contributed by atoms with E-state index in [1.165, 1.54) is 6.26 Å². The minimum Gasteiger partial charge on any atom is -0.491 e. The molecule has 5 rings (SSSR count). The molecule has 0 aliphatic carbocycles. The van der Waals surface area contributed by atoms with Crippen LogP contribution in [0.15, 0.2) is 41.6 Å². The summed E-state index contributed by atoms with van der Waals surface area (Å²) in [4.78, 5) is 11.9. The maximum Gasteiger partial charge on any atom is 0.232 e. The number of ether oxygens (including phenoxy) is 1. The zero-order valence-electron chi connectivity index (χ0n) is 19.2. The van der Waals surface area contributed by atoms with Gasteiger partial charge in [0, 0.05) is 49.1 Å². The summed E-state index contributed by atoms with van der Waals surface area (Å²) < 4.78 is 31.4. The van der Waals surface area contributed by atoms with Crippen molar-refractivity contribution < 1.29 is 13.2 Å². The molecule has 0 atom stereocenters. The summed E-state index contributed by atoms with van der Waals surface area (Å²) >= 11 is 0. The van der Waals surface area contributed by atoms with Crippen LogP contribution in [0.4, 0.5) is 23.3 Å². The molecule has 0 fully saturated rings. The van der Waals surface area contributed by atoms with Crippen LogP contribution in [0.3, 0.4) is 0 Å². The maximum atomic E-state index is 12.0. The summed E-state index contributed by atoms with van der Waals surface area (Å²) in [5, 5.41) is 14.7. The number of hydrogen-bond donors (Lipinski definition) is 2. The molecular weight excluding hydrogens is 456 g/mol. The molecule has 34 heavy (non-hydrogen) atoms. The van der Waals surface area contributed by atoms with Crippen molar-refractivity contribution in [3.05, 3.63) is 47.9 Å². The Labute approximate surface area is 196 Å². The van der Waals surface area contributed by atoms with E-state index in [0.29, 0.717) is 46.9 Å². The topological polar surface area (TPSA) is 131 Å². The number of aromatic amines is 1. The number of nitrogens with zero attached hydrogens (tertiary/aromatic N) is 6. The molecule has 0 unspecified atom stereocenters. The van der Waals surface area contributed by atoms with Crippen LogP contribution in [0, 0.1) is 6.92 Å². The van der Waals surface area contributed by atoms with Crippen LogP contribution in [0.5, 0.6) is 5.75 Å². The highest BCUT2D eigenvalue weighted by atomic mass is 32.2. The molecule has 12 heteroatoms. The molecule has 4 aromatic rings. The third-order valence-electron chi connectivity index (χ3n) is 5.60. The summed E-state index contributed by atoms with van der Waals surface area (Å²) in [6.07, 6.45) is 5.46. The Kier molecular flexibility index (Phi) is 5.24. The quantitative estimate of drug-likeness (QED) is 0.428. The van der Waals surface area contributed by atoms with Gasteiger partial charge in [-0.2, -0.15) is 15.2 Å². The van der Waals surface area contributed by atoms with Gasteiger partial charge in [-0.05, 0) is 37.1 Å². The molecular formula is C22H24N8O3S. The van der Waals surface area contributed by atoms with Crippen molar-refractivity contribution in [3.63, 3.8) is 0 Å². The predicted molar refractivity (Wildman–Crippen MR) is 128 cm³/mol. The van der Waals surface area contributed by atoms with Gasteiger partial charge >= 0.3 is 0 Å². The van der Waals surface area contributed by atoms with Gasteiger partial charge < -0.3 is 15.0 Å². The maximum absolute atomic E-state index is 12.0. The van der Waals surface area contributed by atoms with Crippen LogP contribution in [0.25, 0.3) is 11.3 Å². The van der Waals surface area contributed by atoms with Gasteiger partial charge in [-0.1, -0.05) is 0 Å². The Morgan fingerprint density at radius 3 is 2.68 bits per heavy atom. The zero-order chi connectivity index (χ0) is 24.0. The third-order valence-corrected chi connectivity index (χ3v) is 6.71. The highest BCUT2D eigenvalue weighted by Crippen LogP contribution is 2.40. The van der Waals surface area contributed by atoms with Gasteiger partial charge in [0.1, 0.15) is 5.69 Å². The van der Waals surface area contributed by atoms with Crippen molar-refractivity contribution in [2.45, 2.75) is 18.2 Å². The van der Waals surface area contributed by atoms with Crippen molar-refractivity contribution in [2.75, 3.05) is 30.1 Å². The molecule has 4 heterocycles. The lowest BCUT2D eigenvalue weighted by Crippen LogP contribution is -2.18. The molecule has 1 aliphatic rings. The van der Waals surface area contributed by atoms with E-state index in [-0.39, 0.29) is 0 Å². The second-order valence-corrected chi connectivity index (χ2v) is 10.2. The van der Waals surface area contributed by atoms with Crippen LogP contribution < -0.4 is 15.0 Å². The molecule has 176 valence electrons. The first-order chi connectivity index (χ1) is 16.2. The first kappa shape index (κ1) is 21.9. The minimum absolute atomic E-state index is 0.302. The average Bonchev–Trinajstić information content (AvgIpc) is 3.52. The number of rotatable bonds is 6. The fraction of sp³-hybridized carbons (Fsp3) is 0.273. The summed E-state index contributed by atoms with van der Waals surface area (Å²) in [5.74, 6) is 1.97. The van der Waals surface area contributed by atoms with E-state index in [2.05, 4.69) is 20.6 Å². The van der Waals surface area contributed by atoms with Gasteiger partial charge in [0.15, 0.2) is 27.2 Å². The van der Waals surface area contributed by atoms with Crippen LogP contribution in [0.1, 0.15) is 11.3 Å². The van der Waals surface area contributed by atoms with Crippen molar-refractivity contribution in [3.8, 4) is 17.0 Å². The molecule has 2 N–H and O–H groups in total. The summed E-state index contributed by atoms with van der Waals surface area (Å²) in [7, 11) is 0.109. The average molecular weight is 481 g/mol. The number of methoxy groups -OCH3 is 1. The minimum atomic E-state index is -3.29. The molecule has 3 aromatic heterocycles. The number of H-pyrrole nitrogens is 1. The number of nitrogens with one attached hydrogen (secondary N) is 2. The van der Waals surface area contributed by atoms with E-state index in [9.17, 15) is 8.42 Å². The third kappa shape index (κ3) is 3.96. The van der Waals surface area contributed by atoms with Gasteiger partial charge in [0.2, 0.25) is 5.95 Å². The molecule has 0 bridgehead atoms. The number of anilines is 4. The lowest BCUT2D eigenvalue weighted by Gasteiger charge is -2.21. The molecule has 0 radical (unpaired) electrons. The Morgan fingerprint density at radius 1 is 1.21 bits per heavy atom. The molecule has 0 amide bonds. The number of fused-ring (bicyclic) bond motifs is 1. The number of hydrogen-bond acceptors (Lipinski definition) is 9. The van der Waals surface area contributed by atoms with Crippen LogP contribution in [-0.2, 0) is 23.3 Å². The standard InChI is InChI=1S/C22H24N8O3S/c1-13-9-18(28-27-13)24-21-20(33-3)19(15-11-23-29(2)12-15)25-22(26-21)30-8-7-14-10-16(34(4,31)32)5-6-17(14)30/h5-6,9-12H,7-8H2,1-4H3,(H2,24,25,26,27,28). The molecule has 0 saturated carbocycles. The van der Waals surface area contributed by atoms with Gasteiger partial charge in [-0.3, -0.25) is 9.78 Å². The lowest BCUT2D eigenvalue weighted by atomic mass is 10.2. The number of aromatic nitrogens is 6. The molecule has 0 saturated heterocycles. The summed E-state index contributed by atoms with van der Waals surface area (Å²) in [5.41, 5.74) is 4.06. The van der Waals surface area contributed by atoms with Crippen molar-refractivity contribution in [2.24, 2.45) is 7.05 Å². The van der Waals surface area contributed by atoms with Gasteiger partial charge in [-0.15, -0.1) is 0 Å². The van der Waals surface area contributed by atoms with Crippen LogP contribution >= 0.6 is 0 Å². The first-order valence-electron chi connectivity index (χ1n) is 10.6. The second-order valence-electron chi connectivity index (χ2n) is 8.18. The molecule has 1 aromatic carbocycles. The lowest BCUT2D eigenvalue weighted by molar-refractivity contribution is 0.415. The Bertz CT molecular complexity index is 1490. The summed E-state index contributed by atoms with van der Waals surface area (Å²) in [6.45, 7) is 2.52. The number of benzene rings is 1. The second kappa shape index (κ2) is 8.13. The van der Waals surface area contributed by atoms with E-state index >= 15 is 0 Å². The molecule has 0 spiro atoms. The highest BCUT2D eigenvalue weighted by Gasteiger charge is 2.27. The highest BCUT2D eigenvalue weighted by molar-refractivity contribution is 7.90. The van der Waals surface area contributed by atoms with E-state index in [1.54, 1.807) is 36.2 Å². The largest absolute Gasteiger partial charge is 0.491 e. The van der Waals surface area contributed by atoms with E-state index in [1.807, 2.05) is 31.1 Å². The Morgan fingerprint density at radius 2 is 2.03 bits per heavy atom. The zero-order valence-corrected chi connectivity index (χ0v) is 20.0. The van der Waals surface area contributed by atoms with E-state index in [4.69, 9.17) is 14.7 Å². The van der Waals surface area contributed by atoms with Gasteiger partial charge in [-0.25, -0.2) is 13.4 Å². The van der Waals surface area contributed by atoms with Crippen LogP contribution in [-0.4, -0.2) is 58.3 Å². The molecule has 11 nitrogen and oxygen atoms in total. The number of sulfone groups is 1. The monoisotopic (exact) mass is 480 g/mol. The summed E-state index contributed by atoms with van der Waals surface area (Å²) in [6, 6.07) is 7.01. The Hall–Kier alpha value is -3.93. The van der Waals surface area contributed by atoms with Crippen molar-refractivity contribution >= 4 is 33.1 Å². The SMILES string of the molecule is COc1c(Nc2cc(C)[nH]n2)nc(N2CCc3cc(S(C)(=O)=O)ccc32)nc1-c1cnn(C)c1. The van der Waals surface area contributed by atoms with Crippen LogP contribution in [0.2, 0.25) is 0 Å². The van der Waals surface area contributed by atoms with Crippen molar-refractivity contribution in [1.82, 2.24) is 29.9 Å². The predicted octanol–water partition coefficient (Wildman–Crippen LogP) is 2.76. The Balaban J connectivity index is 1.64. The van der Waals surface area contributed by atoms with E-state index in [0.717, 1.165) is 22.5 Å². The van der Waals surface area contributed by atoms with Crippen molar-refractivity contribution in [1.29, 1.82) is 0 Å². The fourth-order valence-corrected chi connectivity index (χ4v) is 4.67. The number of aryl methyl sites for hydroxylation is 2. The molecule has 1 aliphatic heterocycles. The normalized spacial score (nSPS) is 13.2. The fourth-order valence-electron chi connectivity index (χ4n) is 4.00. The smallest absolute Gasteiger partial charge is 0.232 e. The first-order valence-corrected chi connectivity index (χ1v) is 12.5. The van der Waals surface area contributed by atoms with E-state index < -0.39 is 9.84 Å².